The molecule has 0 bridgehead atoms. The van der Waals surface area contributed by atoms with E-state index in [1.165, 1.54) is 23.4 Å². The third kappa shape index (κ3) is 42.3. The molecule has 4 aliphatic rings. The number of rotatable bonds is 20. The van der Waals surface area contributed by atoms with Crippen LogP contribution in [0.25, 0.3) is 33.2 Å². The van der Waals surface area contributed by atoms with Gasteiger partial charge < -0.3 is 51.2 Å². The zero-order valence-electron chi connectivity index (χ0n) is 77.3. The number of aliphatic carboxylic acids is 2. The Morgan fingerprint density at radius 1 is 0.610 bits per heavy atom. The molecular weight excluding hydrogens is 2190 g/mol. The molecule has 736 valence electrons. The Bertz CT molecular complexity index is 5610. The summed E-state index contributed by atoms with van der Waals surface area (Å²) in [6.07, 6.45) is 12.6. The Labute approximate surface area is 873 Å². The number of nitrogens with one attached hydrogen (secondary N) is 4. The van der Waals surface area contributed by atoms with Gasteiger partial charge in [0.05, 0.1) is 30.4 Å². The number of fused-ring (bicyclic) bond motifs is 1. The number of nitrogens with two attached hydrogens (primary N) is 1. The number of aryl methyl sites for hydroxylation is 2. The number of amides is 4. The molecule has 0 radical (unpaired) electrons. The summed E-state index contributed by atoms with van der Waals surface area (Å²) in [6.45, 7) is 23.1. The van der Waals surface area contributed by atoms with Crippen LogP contribution in [0.2, 0.25) is 0 Å². The smallest absolute Gasteiger partial charge is 0.411 e. The maximum Gasteiger partial charge on any atom is 0.411 e. The van der Waals surface area contributed by atoms with E-state index in [2.05, 4.69) is 169 Å². The minimum Gasteiger partial charge on any atom is -0.480 e. The molecule has 13 rings (SSSR count). The number of ketones is 4. The molecule has 8 N–H and O–H groups in total. The van der Waals surface area contributed by atoms with Crippen molar-refractivity contribution in [2.24, 2.45) is 0 Å². The lowest BCUT2D eigenvalue weighted by molar-refractivity contribution is -0.142. The fraction of sp³-hybridized carbons (Fsp3) is 0.400. The molecule has 7 aromatic heterocycles. The standard InChI is InChI=1S/C26H24BrN7O3.C16H21BrN2O3.C16H16N4O3.C11H13BrN2O.C10H17NO4.C6H12ClN.C5H5BrN2.ClH.S3.S2.2H2S/c1-15(35)25-19-11-17(18-12-28-16(2)29-13-18)8-9-20(19)34(32-25)14-24(36)33-10-4-5-21(33)26(37)31-23-7-3-6-22(27)30-23;1-16(2,3)22-15(21)19-9-5-7-12(19)13(20)10-11-6-4-8-14(17)18-11;1-9(21)16(17)13-4-3-11(5-14(13)20-8-15(22)23)12-6-18-10(2)19-7-12;12-11-5-1-3-8(14-11)7-10(15)9-4-2-6-13-9;1-10(2,3)15-9(14)11-6-4-5-7(11)8(12)13;1-5(2)6(7)8(3)4;6-4-2-1-3-5(7)8-4;;1-3-2;1-2;;/h3,6-9,11-13,21H,4-5,10,14H2,1-2H3,(H,30,31,37);4,6,8,12H,5,7,9-10H2,1-3H3;3-7,17,20H,8H2,1-2H3,(H,22,23);1,3,5,9,13H,2,4,6-7H2;7H,4-6H2,1-3H3,(H,12,13);1-4H3;1-3H,(H2,7,8);1H;;;2*1H2/t21-;12-;;9-;7-;;;;;;;/m00.00......./s1. The zero-order valence-corrected chi connectivity index (χ0v) is 91.3. The normalized spacial score (nSPS) is 14.6. The predicted molar refractivity (Wildman–Crippen MR) is 568 cm³/mol. The lowest BCUT2D eigenvalue weighted by Gasteiger charge is -2.27. The predicted octanol–water partition coefficient (Wildman–Crippen LogP) is 16.3. The molecule has 4 saturated heterocycles. The molecule has 4 atom stereocenters. The number of Topliss-reactive ketones (excluding diaryl/α,β-unsaturated/α-hetero) is 4. The summed E-state index contributed by atoms with van der Waals surface area (Å²) in [7, 11) is 4.77. The molecule has 0 unspecified atom stereocenters. The van der Waals surface area contributed by atoms with Crippen molar-refractivity contribution >= 4 is 261 Å². The van der Waals surface area contributed by atoms with Gasteiger partial charge in [-0.05, 0) is 274 Å². The summed E-state index contributed by atoms with van der Waals surface area (Å²) >= 11 is 34.4. The van der Waals surface area contributed by atoms with E-state index in [0.717, 1.165) is 95.4 Å². The van der Waals surface area contributed by atoms with Crippen LogP contribution in [0, 0.1) is 19.3 Å². The average molecular weight is 2300 g/mol. The van der Waals surface area contributed by atoms with Gasteiger partial charge in [0.25, 0.3) is 0 Å². The Kier molecular flexibility index (Phi) is 55.4. The van der Waals surface area contributed by atoms with Gasteiger partial charge in [-0.25, -0.2) is 54.3 Å². The van der Waals surface area contributed by atoms with E-state index < -0.39 is 59.2 Å². The van der Waals surface area contributed by atoms with Gasteiger partial charge in [-0.2, -0.15) is 32.1 Å². The van der Waals surface area contributed by atoms with E-state index in [4.69, 9.17) is 42.4 Å². The highest BCUT2D eigenvalue weighted by Crippen LogP contribution is 2.31. The van der Waals surface area contributed by atoms with Crippen molar-refractivity contribution in [2.75, 3.05) is 63.2 Å². The summed E-state index contributed by atoms with van der Waals surface area (Å²) in [5, 5.41) is 40.2. The number of carbonyl (C=O) groups excluding carboxylic acids is 8. The van der Waals surface area contributed by atoms with Crippen LogP contribution in [-0.4, -0.2) is 226 Å². The van der Waals surface area contributed by atoms with Gasteiger partial charge in [0.15, 0.2) is 23.1 Å². The Balaban J connectivity index is 0.000000559. The number of nitrogen functional groups attached to an aromatic ring is 1. The van der Waals surface area contributed by atoms with Crippen molar-refractivity contribution in [1.82, 2.24) is 74.6 Å². The van der Waals surface area contributed by atoms with E-state index in [1.54, 1.807) is 105 Å². The maximum absolute atomic E-state index is 13.3. The second-order valence-corrected chi connectivity index (χ2v) is 37.7. The van der Waals surface area contributed by atoms with Gasteiger partial charge in [-0.3, -0.25) is 53.5 Å². The molecule has 0 aliphatic carbocycles. The average Bonchev–Trinajstić information content (AvgIpc) is 1.63. The monoisotopic (exact) mass is 2290 g/mol. The molecule has 2 aromatic carbocycles. The number of benzene rings is 2. The minimum absolute atomic E-state index is 0. The van der Waals surface area contributed by atoms with Gasteiger partial charge in [0.2, 0.25) is 11.8 Å². The van der Waals surface area contributed by atoms with Crippen LogP contribution in [-0.2, 0) is 116 Å². The Hall–Kier alpha value is -9.16. The van der Waals surface area contributed by atoms with E-state index in [1.807, 2.05) is 127 Å². The molecule has 0 spiro atoms. The third-order valence-electron chi connectivity index (χ3n) is 19.2. The first-order chi connectivity index (χ1) is 62.8. The summed E-state index contributed by atoms with van der Waals surface area (Å²) in [5.74, 6) is -0.582. The number of hydrogen-bond donors (Lipinski definition) is 7. The number of nitrogens with zero attached hydrogens (tertiary/aromatic N) is 14. The molecule has 46 heteroatoms. The minimum atomic E-state index is -1.03. The lowest BCUT2D eigenvalue weighted by atomic mass is 10.00. The first-order valence-electron chi connectivity index (χ1n) is 41.5. The second kappa shape index (κ2) is 61.3. The van der Waals surface area contributed by atoms with Gasteiger partial charge in [0, 0.05) is 165 Å². The van der Waals surface area contributed by atoms with Crippen molar-refractivity contribution in [3.63, 3.8) is 0 Å². The number of carboxylic acids is 2. The summed E-state index contributed by atoms with van der Waals surface area (Å²) in [5.41, 5.74) is 11.6. The van der Waals surface area contributed by atoms with Crippen molar-refractivity contribution in [3.8, 4) is 22.3 Å². The number of carboxylic acid groups (broad SMARTS) is 2. The largest absolute Gasteiger partial charge is 0.480 e. The molecule has 33 nitrogen and oxygen atoms in total. The zero-order chi connectivity index (χ0) is 99.1. The molecule has 136 heavy (non-hydrogen) atoms. The highest BCUT2D eigenvalue weighted by molar-refractivity contribution is 9.11. The number of halogens is 6. The molecule has 4 fully saturated rings. The van der Waals surface area contributed by atoms with Crippen LogP contribution < -0.4 is 21.7 Å². The number of likely N-dealkylation sites (tertiary alicyclic amines) is 3. The van der Waals surface area contributed by atoms with Gasteiger partial charge in [-0.1, -0.05) is 54.1 Å². The lowest BCUT2D eigenvalue weighted by Crippen LogP contribution is -2.44. The highest BCUT2D eigenvalue weighted by Gasteiger charge is 2.39. The van der Waals surface area contributed by atoms with Crippen molar-refractivity contribution in [2.45, 2.75) is 189 Å². The fourth-order valence-corrected chi connectivity index (χ4v) is 14.7. The number of ether oxygens (including phenoxy) is 2. The van der Waals surface area contributed by atoms with Gasteiger partial charge >= 0.3 is 24.1 Å². The van der Waals surface area contributed by atoms with E-state index in [-0.39, 0.29) is 106 Å². The van der Waals surface area contributed by atoms with Crippen LogP contribution in [0.5, 0.6) is 0 Å². The van der Waals surface area contributed by atoms with Crippen LogP contribution in [0.3, 0.4) is 0 Å². The quantitative estimate of drug-likeness (QED) is 0.0161. The molecular formula is C90H113Br4Cl2N19O14S7. The first kappa shape index (κ1) is 123. The topological polar surface area (TPSA) is 449 Å². The number of anilines is 3. The maximum atomic E-state index is 13.3. The van der Waals surface area contributed by atoms with Crippen LogP contribution in [0.1, 0.15) is 160 Å². The SMILES string of the molecule is CC(=O)C(=N)c1ccc(-c2cnc(C)nc2)cc1NCC(=O)O.CC(=O)c1nn(CC(=O)N2CCC[C@H]2C(=O)Nc2cccc(Br)n2)c2ccc(-c3cnc(C)nc3)cc12.CC(C)(C)OC(=O)N1CCC[C@H]1C(=O)Cc1cccc(Br)n1.CC(C)(C)OC(=O)N1CCC[C@H]1C(=O)O.CC(C)=C(Cl)N(C)C.Cl.Nc1cccc(Br)n1.O=C(Cc1cccc(Br)n1)[C@@H]1CCCN1.S.S.S=S.S=S=S. The van der Waals surface area contributed by atoms with Crippen molar-refractivity contribution in [3.05, 3.63) is 197 Å². The van der Waals surface area contributed by atoms with Crippen molar-refractivity contribution < 1.29 is 67.6 Å². The Morgan fingerprint density at radius 3 is 1.49 bits per heavy atom. The number of hydrogen-bond acceptors (Lipinski definition) is 30. The van der Waals surface area contributed by atoms with Crippen LogP contribution >= 0.6 is 115 Å². The number of carbonyl (C=O) groups is 10. The third-order valence-corrected chi connectivity index (χ3v) is 21.7. The van der Waals surface area contributed by atoms with E-state index >= 15 is 0 Å². The van der Waals surface area contributed by atoms with Crippen LogP contribution in [0.4, 0.5) is 26.9 Å². The molecule has 11 heterocycles. The van der Waals surface area contributed by atoms with E-state index in [0.29, 0.717) is 106 Å². The molecule has 4 amide bonds. The number of pyridine rings is 4. The second-order valence-electron chi connectivity index (χ2n) is 32.3. The van der Waals surface area contributed by atoms with Gasteiger partial charge in [-0.15, -0.1) is 12.4 Å². The fourth-order valence-electron chi connectivity index (χ4n) is 13.2. The van der Waals surface area contributed by atoms with Crippen LogP contribution in [0.15, 0.2) is 163 Å². The number of aromatic nitrogens is 10. The molecule has 9 aromatic rings. The molecule has 4 aliphatic heterocycles. The first-order valence-corrected chi connectivity index (χ1v) is 49.0. The summed E-state index contributed by atoms with van der Waals surface area (Å²) in [4.78, 5) is 160. The highest BCUT2D eigenvalue weighted by atomic mass is 79.9. The molecule has 0 saturated carbocycles. The van der Waals surface area contributed by atoms with E-state index in [9.17, 15) is 47.9 Å². The number of allylic oxidation sites excluding steroid dienone is 1. The summed E-state index contributed by atoms with van der Waals surface area (Å²) < 4.78 is 14.9. The Morgan fingerprint density at radius 2 is 1.07 bits per heavy atom. The van der Waals surface area contributed by atoms with Crippen molar-refractivity contribution in [1.29, 1.82) is 5.41 Å². The summed E-state index contributed by atoms with van der Waals surface area (Å²) in [6, 6.07) is 30.7. The van der Waals surface area contributed by atoms with Gasteiger partial charge in [0.1, 0.15) is 94.6 Å².